The van der Waals surface area contributed by atoms with Gasteiger partial charge in [-0.2, -0.15) is 0 Å². The molecule has 4 aromatic heterocycles. The van der Waals surface area contributed by atoms with Crippen molar-refractivity contribution in [3.05, 3.63) is 401 Å². The van der Waals surface area contributed by atoms with E-state index >= 15 is 0 Å². The van der Waals surface area contributed by atoms with Crippen molar-refractivity contribution in [1.82, 2.24) is 40.0 Å². The molecule has 6 N–H and O–H groups in total. The summed E-state index contributed by atoms with van der Waals surface area (Å²) >= 11 is 24.3. The maximum absolute atomic E-state index is 12.7. The van der Waals surface area contributed by atoms with E-state index < -0.39 is 30.4 Å². The van der Waals surface area contributed by atoms with Gasteiger partial charge >= 0.3 is 5.97 Å². The number of pyridine rings is 4. The molecule has 4 aliphatic rings. The molecular formula is C108H120Cl4N8O9. The summed E-state index contributed by atoms with van der Waals surface area (Å²) in [6, 6.07) is 76.6. The molecule has 0 radical (unpaired) electrons. The predicted molar refractivity (Wildman–Crippen MR) is 516 cm³/mol. The summed E-state index contributed by atoms with van der Waals surface area (Å²) in [5.41, 5.74) is 15.1. The number of carbonyl (C=O) groups excluding carboxylic acids is 3. The zero-order chi connectivity index (χ0) is 91.1. The molecule has 16 rings (SSSR count). The molecule has 0 bridgehead atoms. The molecule has 3 unspecified atom stereocenters. The largest absolute Gasteiger partial charge is 0.478 e. The number of aliphatic hydroxyl groups excluding tert-OH is 4. The van der Waals surface area contributed by atoms with Gasteiger partial charge in [0.15, 0.2) is 0 Å². The summed E-state index contributed by atoms with van der Waals surface area (Å²) in [4.78, 5) is 70.6. The van der Waals surface area contributed by atoms with Crippen LogP contribution in [0.2, 0.25) is 20.1 Å². The smallest absolute Gasteiger partial charge is 0.335 e. The number of nitrogens with zero attached hydrogens (tertiary/aromatic N) is 7. The Morgan fingerprint density at radius 3 is 0.791 bits per heavy atom. The van der Waals surface area contributed by atoms with E-state index in [1.165, 1.54) is 22.3 Å². The van der Waals surface area contributed by atoms with E-state index in [9.17, 15) is 39.6 Å². The van der Waals surface area contributed by atoms with Gasteiger partial charge in [0.2, 0.25) is 0 Å². The van der Waals surface area contributed by atoms with Gasteiger partial charge in [0.05, 0.1) is 30.0 Å². The molecule has 12 atom stereocenters. The Labute approximate surface area is 781 Å². The Balaban J connectivity index is 0.000000162. The molecule has 21 heteroatoms. The zero-order valence-electron chi connectivity index (χ0n) is 73.8. The van der Waals surface area contributed by atoms with Crippen LogP contribution in [0.5, 0.6) is 0 Å². The van der Waals surface area contributed by atoms with Crippen molar-refractivity contribution in [2.75, 3.05) is 28.2 Å². The van der Waals surface area contributed by atoms with Gasteiger partial charge in [-0.25, -0.2) is 4.79 Å². The van der Waals surface area contributed by atoms with E-state index in [0.29, 0.717) is 85.7 Å². The van der Waals surface area contributed by atoms with Crippen LogP contribution in [-0.2, 0) is 51.9 Å². The van der Waals surface area contributed by atoms with Crippen LogP contribution in [0.15, 0.2) is 292 Å². The number of nitrogens with one attached hydrogen (secondary N) is 1. The molecule has 674 valence electrons. The van der Waals surface area contributed by atoms with E-state index in [-0.39, 0.29) is 42.8 Å². The highest BCUT2D eigenvalue weighted by Crippen LogP contribution is 2.45. The number of benzene rings is 8. The predicted octanol–water partition coefficient (Wildman–Crippen LogP) is 22.9. The molecule has 129 heavy (non-hydrogen) atoms. The van der Waals surface area contributed by atoms with E-state index in [4.69, 9.17) is 51.5 Å². The number of hydrogen-bond donors (Lipinski definition) is 6. The fourth-order valence-corrected chi connectivity index (χ4v) is 19.3. The summed E-state index contributed by atoms with van der Waals surface area (Å²) < 4.78 is 0. The standard InChI is InChI=1S/3C27H29ClN2O2.C20H21ClO3.C7H10N2.H2/c3*1-30(18-21-4-3-13-29-17-21)27(32)22-10-7-19(8-11-22)14-20-9-12-24(15-20)26(31)23-5-2-6-25(28)16-23;21-18-3-1-2-16(12-18)19(22)17-9-6-14(11-17)10-13-4-7-15(8-5-13)20(23)24;1-8-5-7-3-2-4-9-6-7;/h3*2-8,10-11,13,16-17,20,24,26,31H,9,12,14-15,18H2,1H3;1-5,7-8,12,14,17,19,22H,6,9-11H2,(H,23,24);2-4,6,8H,5H2,1H3;1H/t2*20?,24-,26+;20-,24-,26+;14?,17-,19+;;/m0000../s1/i;;;;;1+1. The molecule has 17 nitrogen and oxygen atoms in total. The average Bonchev–Trinajstić information content (AvgIpc) is 1.85. The van der Waals surface area contributed by atoms with Crippen molar-refractivity contribution in [2.24, 2.45) is 47.3 Å². The maximum Gasteiger partial charge on any atom is 0.335 e. The highest BCUT2D eigenvalue weighted by molar-refractivity contribution is 6.31. The minimum absolute atomic E-state index is 0. The van der Waals surface area contributed by atoms with Gasteiger partial charge in [-0.3, -0.25) is 34.3 Å². The first-order valence-electron chi connectivity index (χ1n) is 44.7. The monoisotopic (exact) mass is 1810 g/mol. The highest BCUT2D eigenvalue weighted by Gasteiger charge is 2.35. The van der Waals surface area contributed by atoms with Crippen LogP contribution in [0, 0.1) is 47.3 Å². The van der Waals surface area contributed by atoms with Crippen LogP contribution in [-0.4, -0.2) is 112 Å². The van der Waals surface area contributed by atoms with E-state index in [2.05, 4.69) is 61.7 Å². The quantitative estimate of drug-likeness (QED) is 0.0267. The van der Waals surface area contributed by atoms with Crippen molar-refractivity contribution in [3.63, 3.8) is 0 Å². The Hall–Kier alpha value is -10.8. The normalized spacial score (nSPS) is 18.8. The Kier molecular flexibility index (Phi) is 37.2. The van der Waals surface area contributed by atoms with Crippen molar-refractivity contribution >= 4 is 70.1 Å². The van der Waals surface area contributed by atoms with E-state index in [0.717, 1.165) is 154 Å². The van der Waals surface area contributed by atoms with Crippen LogP contribution in [0.25, 0.3) is 0 Å². The number of carboxylic acid groups (broad SMARTS) is 1. The number of rotatable bonds is 28. The lowest BCUT2D eigenvalue weighted by molar-refractivity contribution is 0.0694. The number of carboxylic acids is 1. The number of hydrogen-bond acceptors (Lipinski definition) is 13. The minimum Gasteiger partial charge on any atom is -0.478 e. The number of aliphatic hydroxyl groups is 4. The lowest BCUT2D eigenvalue weighted by Crippen LogP contribution is -2.26. The lowest BCUT2D eigenvalue weighted by atomic mass is 9.91. The lowest BCUT2D eigenvalue weighted by Gasteiger charge is -2.19. The molecule has 3 amide bonds. The van der Waals surface area contributed by atoms with Crippen LogP contribution in [0.3, 0.4) is 0 Å². The second kappa shape index (κ2) is 49.3. The van der Waals surface area contributed by atoms with Crippen molar-refractivity contribution in [3.8, 4) is 0 Å². The van der Waals surface area contributed by atoms with Crippen molar-refractivity contribution < 1.29 is 46.1 Å². The zero-order valence-corrected chi connectivity index (χ0v) is 76.8. The SMILES string of the molecule is CN(Cc1cccnc1)C(=O)c1ccc(CC2CC[C@H]([C@H](O)c3cccc(Cl)c3)C2)cc1.CN(Cc1cccnc1)C(=O)c1ccc(CC2CC[C@H]([C@H](O)c3cccc(Cl)c3)C2)cc1.CN(Cc1cccnc1)C(=O)c1ccc(C[C@@H]2CC[C@H]([C@H](O)c3cccc(Cl)c3)C2)cc1.CNCc1cccnc1.O=C(O)c1ccc(CC2CC[C@H]([C@H](O)c3cccc(Cl)c3)C2)cc1.[2HH]. The van der Waals surface area contributed by atoms with E-state index in [1.54, 1.807) is 70.2 Å². The Bertz CT molecular complexity index is 5090. The minimum atomic E-state index is -0.896. The number of amides is 3. The van der Waals surface area contributed by atoms with Gasteiger partial charge < -0.3 is 45.5 Å². The Morgan fingerprint density at radius 2 is 0.574 bits per heavy atom. The van der Waals surface area contributed by atoms with Crippen LogP contribution >= 0.6 is 46.4 Å². The molecule has 0 saturated heterocycles. The number of halogens is 4. The summed E-state index contributed by atoms with van der Waals surface area (Å²) in [7, 11) is 7.36. The molecule has 12 aromatic rings. The second-order valence-electron chi connectivity index (χ2n) is 35.1. The van der Waals surface area contributed by atoms with Crippen molar-refractivity contribution in [2.45, 2.75) is 153 Å². The van der Waals surface area contributed by atoms with Gasteiger partial charge in [0.1, 0.15) is 0 Å². The molecule has 4 heterocycles. The molecule has 8 aromatic carbocycles. The first kappa shape index (κ1) is 97.3. The van der Waals surface area contributed by atoms with Crippen LogP contribution in [0.4, 0.5) is 0 Å². The molecular weight excluding hydrogens is 1700 g/mol. The van der Waals surface area contributed by atoms with Gasteiger partial charge in [-0.05, 0) is 345 Å². The third-order valence-electron chi connectivity index (χ3n) is 25.3. The van der Waals surface area contributed by atoms with Crippen LogP contribution in [0.1, 0.15) is 211 Å². The molecule has 0 spiro atoms. The number of carbonyl (C=O) groups is 4. The Morgan fingerprint density at radius 1 is 0.333 bits per heavy atom. The number of aromatic nitrogens is 4. The summed E-state index contributed by atoms with van der Waals surface area (Å²) in [6.45, 7) is 2.50. The third-order valence-corrected chi connectivity index (χ3v) is 26.3. The highest BCUT2D eigenvalue weighted by atomic mass is 35.5. The van der Waals surface area contributed by atoms with Crippen LogP contribution < -0.4 is 5.32 Å². The maximum atomic E-state index is 12.7. The van der Waals surface area contributed by atoms with Gasteiger partial charge in [-0.1, -0.05) is 168 Å². The fraction of sp³-hybridized carbons (Fsp3) is 0.333. The first-order valence-corrected chi connectivity index (χ1v) is 46.2. The number of aromatic carboxylic acids is 1. The molecule has 0 aliphatic heterocycles. The molecule has 4 fully saturated rings. The summed E-state index contributed by atoms with van der Waals surface area (Å²) in [6.07, 6.45) is 28.6. The van der Waals surface area contributed by atoms with Gasteiger partial charge in [-0.15, -0.1) is 0 Å². The third kappa shape index (κ3) is 29.9. The second-order valence-corrected chi connectivity index (χ2v) is 36.9. The van der Waals surface area contributed by atoms with Gasteiger partial charge in [0, 0.05) is 135 Å². The molecule has 4 saturated carbocycles. The molecule has 4 aliphatic carbocycles. The fourth-order valence-electron chi connectivity index (χ4n) is 18.5. The summed E-state index contributed by atoms with van der Waals surface area (Å²) in [5, 5.41) is 57.6. The van der Waals surface area contributed by atoms with Crippen molar-refractivity contribution in [1.29, 1.82) is 0 Å². The first-order chi connectivity index (χ1) is 62.4. The van der Waals surface area contributed by atoms with Gasteiger partial charge in [0.25, 0.3) is 17.7 Å². The topological polar surface area (TPSA) is 243 Å². The average molecular weight is 1820 g/mol. The van der Waals surface area contributed by atoms with E-state index in [1.807, 2.05) is 229 Å². The summed E-state index contributed by atoms with van der Waals surface area (Å²) in [5.74, 6) is 2.33.